The number of methoxy groups -OCH3 is 1. The molecule has 1 atom stereocenters. The zero-order valence-corrected chi connectivity index (χ0v) is 8.37. The molecule has 1 aromatic rings. The van der Waals surface area contributed by atoms with Crippen molar-refractivity contribution < 1.29 is 9.84 Å². The first-order valence-corrected chi connectivity index (χ1v) is 4.44. The highest BCUT2D eigenvalue weighted by molar-refractivity contribution is 5.36. The van der Waals surface area contributed by atoms with Gasteiger partial charge in [-0.1, -0.05) is 13.0 Å². The molecule has 0 bridgehead atoms. The summed E-state index contributed by atoms with van der Waals surface area (Å²) in [4.78, 5) is 0. The molecular formula is C11H16O2. The summed E-state index contributed by atoms with van der Waals surface area (Å²) in [6.07, 6.45) is 0. The number of hydrogen-bond acceptors (Lipinski definition) is 2. The van der Waals surface area contributed by atoms with Gasteiger partial charge in [-0.15, -0.1) is 0 Å². The Hall–Kier alpha value is -1.02. The zero-order valence-electron chi connectivity index (χ0n) is 8.37. The molecule has 0 amide bonds. The van der Waals surface area contributed by atoms with E-state index in [1.807, 2.05) is 32.0 Å². The van der Waals surface area contributed by atoms with Crippen LogP contribution in [0.3, 0.4) is 0 Å². The lowest BCUT2D eigenvalue weighted by Crippen LogP contribution is -2.01. The molecule has 1 aromatic carbocycles. The minimum Gasteiger partial charge on any atom is -0.497 e. The van der Waals surface area contributed by atoms with Crippen LogP contribution < -0.4 is 4.74 Å². The SMILES string of the molecule is COc1ccc([C@@H](C)CO)c(C)c1. The zero-order chi connectivity index (χ0) is 9.84. The van der Waals surface area contributed by atoms with Crippen LogP contribution in [-0.2, 0) is 0 Å². The summed E-state index contributed by atoms with van der Waals surface area (Å²) in [7, 11) is 1.66. The Morgan fingerprint density at radius 1 is 1.46 bits per heavy atom. The summed E-state index contributed by atoms with van der Waals surface area (Å²) in [5.74, 6) is 1.07. The Labute approximate surface area is 79.2 Å². The second kappa shape index (κ2) is 4.28. The van der Waals surface area contributed by atoms with Crippen molar-refractivity contribution in [2.24, 2.45) is 0 Å². The number of aliphatic hydroxyl groups excluding tert-OH is 1. The maximum absolute atomic E-state index is 9.01. The maximum Gasteiger partial charge on any atom is 0.119 e. The lowest BCUT2D eigenvalue weighted by atomic mass is 9.97. The van der Waals surface area contributed by atoms with Gasteiger partial charge in [0.2, 0.25) is 0 Å². The molecule has 0 heterocycles. The number of rotatable bonds is 3. The van der Waals surface area contributed by atoms with Crippen molar-refractivity contribution in [3.8, 4) is 5.75 Å². The van der Waals surface area contributed by atoms with Gasteiger partial charge in [0, 0.05) is 12.5 Å². The van der Waals surface area contributed by atoms with E-state index < -0.39 is 0 Å². The number of ether oxygens (including phenoxy) is 1. The Morgan fingerprint density at radius 2 is 2.15 bits per heavy atom. The van der Waals surface area contributed by atoms with Crippen molar-refractivity contribution in [3.63, 3.8) is 0 Å². The van der Waals surface area contributed by atoms with Gasteiger partial charge in [0.15, 0.2) is 0 Å². The summed E-state index contributed by atoms with van der Waals surface area (Å²) in [6, 6.07) is 5.92. The van der Waals surface area contributed by atoms with Crippen LogP contribution in [0.4, 0.5) is 0 Å². The fourth-order valence-electron chi connectivity index (χ4n) is 1.43. The van der Waals surface area contributed by atoms with Crippen molar-refractivity contribution in [2.75, 3.05) is 13.7 Å². The molecule has 0 fully saturated rings. The van der Waals surface area contributed by atoms with Crippen LogP contribution in [-0.4, -0.2) is 18.8 Å². The molecule has 0 spiro atoms. The van der Waals surface area contributed by atoms with Gasteiger partial charge in [-0.25, -0.2) is 0 Å². The van der Waals surface area contributed by atoms with E-state index in [4.69, 9.17) is 9.84 Å². The quantitative estimate of drug-likeness (QED) is 0.771. The van der Waals surface area contributed by atoms with E-state index in [-0.39, 0.29) is 12.5 Å². The summed E-state index contributed by atoms with van der Waals surface area (Å²) in [5.41, 5.74) is 2.35. The minimum absolute atomic E-state index is 0.188. The van der Waals surface area contributed by atoms with Crippen molar-refractivity contribution in [3.05, 3.63) is 29.3 Å². The minimum atomic E-state index is 0.188. The fourth-order valence-corrected chi connectivity index (χ4v) is 1.43. The first-order valence-electron chi connectivity index (χ1n) is 4.44. The Balaban J connectivity index is 2.98. The summed E-state index contributed by atoms with van der Waals surface area (Å²) in [5, 5.41) is 9.01. The molecule has 2 nitrogen and oxygen atoms in total. The molecule has 0 aromatic heterocycles. The van der Waals surface area contributed by atoms with Gasteiger partial charge in [0.25, 0.3) is 0 Å². The second-order valence-electron chi connectivity index (χ2n) is 3.31. The van der Waals surface area contributed by atoms with Gasteiger partial charge in [-0.3, -0.25) is 0 Å². The van der Waals surface area contributed by atoms with E-state index >= 15 is 0 Å². The first kappa shape index (κ1) is 10.1. The molecule has 0 saturated carbocycles. The smallest absolute Gasteiger partial charge is 0.119 e. The van der Waals surface area contributed by atoms with Gasteiger partial charge in [-0.05, 0) is 30.2 Å². The lowest BCUT2D eigenvalue weighted by Gasteiger charge is -2.12. The van der Waals surface area contributed by atoms with Crippen molar-refractivity contribution in [1.82, 2.24) is 0 Å². The monoisotopic (exact) mass is 180 g/mol. The number of aryl methyl sites for hydroxylation is 1. The number of benzene rings is 1. The highest BCUT2D eigenvalue weighted by atomic mass is 16.5. The summed E-state index contributed by atoms with van der Waals surface area (Å²) < 4.78 is 5.10. The fraction of sp³-hybridized carbons (Fsp3) is 0.455. The first-order chi connectivity index (χ1) is 6.19. The molecule has 0 aliphatic carbocycles. The standard InChI is InChI=1S/C11H16O2/c1-8-6-10(13-3)4-5-11(8)9(2)7-12/h4-6,9,12H,7H2,1-3H3/t9-/m0/s1. The van der Waals surface area contributed by atoms with Crippen LogP contribution in [0.25, 0.3) is 0 Å². The summed E-state index contributed by atoms with van der Waals surface area (Å²) in [6.45, 7) is 4.23. The van der Waals surface area contributed by atoms with Crippen molar-refractivity contribution in [2.45, 2.75) is 19.8 Å². The Bertz CT molecular complexity index is 281. The third kappa shape index (κ3) is 2.22. The van der Waals surface area contributed by atoms with E-state index in [1.165, 1.54) is 11.1 Å². The van der Waals surface area contributed by atoms with Gasteiger partial charge in [0.05, 0.1) is 7.11 Å². The largest absolute Gasteiger partial charge is 0.497 e. The molecule has 1 rings (SSSR count). The predicted molar refractivity (Wildman–Crippen MR) is 53.2 cm³/mol. The molecular weight excluding hydrogens is 164 g/mol. The lowest BCUT2D eigenvalue weighted by molar-refractivity contribution is 0.272. The number of hydrogen-bond donors (Lipinski definition) is 1. The molecule has 13 heavy (non-hydrogen) atoms. The van der Waals surface area contributed by atoms with Crippen LogP contribution >= 0.6 is 0 Å². The number of aliphatic hydroxyl groups is 1. The highest BCUT2D eigenvalue weighted by Gasteiger charge is 2.07. The summed E-state index contributed by atoms with van der Waals surface area (Å²) >= 11 is 0. The van der Waals surface area contributed by atoms with E-state index in [2.05, 4.69) is 0 Å². The molecule has 0 unspecified atom stereocenters. The average Bonchev–Trinajstić information content (AvgIpc) is 2.16. The van der Waals surface area contributed by atoms with Crippen molar-refractivity contribution >= 4 is 0 Å². The second-order valence-corrected chi connectivity index (χ2v) is 3.31. The molecule has 0 radical (unpaired) electrons. The van der Waals surface area contributed by atoms with Gasteiger partial charge < -0.3 is 9.84 Å². The molecule has 0 saturated heterocycles. The molecule has 72 valence electrons. The van der Waals surface area contributed by atoms with E-state index in [9.17, 15) is 0 Å². The van der Waals surface area contributed by atoms with Gasteiger partial charge in [0.1, 0.15) is 5.75 Å². The molecule has 2 heteroatoms. The van der Waals surface area contributed by atoms with Crippen LogP contribution in [0.15, 0.2) is 18.2 Å². The van der Waals surface area contributed by atoms with Gasteiger partial charge in [-0.2, -0.15) is 0 Å². The normalized spacial score (nSPS) is 12.6. The van der Waals surface area contributed by atoms with Gasteiger partial charge >= 0.3 is 0 Å². The molecule has 1 N–H and O–H groups in total. The van der Waals surface area contributed by atoms with E-state index in [1.54, 1.807) is 7.11 Å². The van der Waals surface area contributed by atoms with Crippen LogP contribution in [0.5, 0.6) is 5.75 Å². The average molecular weight is 180 g/mol. The molecule has 0 aliphatic rings. The third-order valence-corrected chi connectivity index (χ3v) is 2.28. The van der Waals surface area contributed by atoms with Crippen LogP contribution in [0.2, 0.25) is 0 Å². The van der Waals surface area contributed by atoms with Crippen LogP contribution in [0.1, 0.15) is 24.0 Å². The maximum atomic E-state index is 9.01. The Kier molecular flexibility index (Phi) is 3.32. The molecule has 0 aliphatic heterocycles. The van der Waals surface area contributed by atoms with Crippen molar-refractivity contribution in [1.29, 1.82) is 0 Å². The van der Waals surface area contributed by atoms with E-state index in [0.29, 0.717) is 0 Å². The van der Waals surface area contributed by atoms with Crippen LogP contribution in [0, 0.1) is 6.92 Å². The Morgan fingerprint density at radius 3 is 2.62 bits per heavy atom. The third-order valence-electron chi connectivity index (χ3n) is 2.28. The highest BCUT2D eigenvalue weighted by Crippen LogP contribution is 2.23. The topological polar surface area (TPSA) is 29.5 Å². The predicted octanol–water partition coefficient (Wildman–Crippen LogP) is 2.10. The van der Waals surface area contributed by atoms with E-state index in [0.717, 1.165) is 5.75 Å².